The molecule has 29 heavy (non-hydrogen) atoms. The van der Waals surface area contributed by atoms with Gasteiger partial charge in [0.05, 0.1) is 11.3 Å². The lowest BCUT2D eigenvalue weighted by molar-refractivity contribution is 0.0786. The maximum Gasteiger partial charge on any atom is 0.257 e. The van der Waals surface area contributed by atoms with Crippen molar-refractivity contribution in [2.24, 2.45) is 0 Å². The predicted molar refractivity (Wildman–Crippen MR) is 114 cm³/mol. The van der Waals surface area contributed by atoms with E-state index in [2.05, 4.69) is 36.2 Å². The van der Waals surface area contributed by atoms with E-state index in [9.17, 15) is 4.79 Å². The number of para-hydroxylation sites is 1. The zero-order chi connectivity index (χ0) is 20.2. The molecule has 0 atom stereocenters. The third kappa shape index (κ3) is 4.09. The molecule has 0 aliphatic rings. The van der Waals surface area contributed by atoms with E-state index in [-0.39, 0.29) is 5.91 Å². The van der Waals surface area contributed by atoms with Crippen LogP contribution in [0.2, 0.25) is 0 Å². The molecule has 0 fully saturated rings. The molecule has 0 unspecified atom stereocenters. The van der Waals surface area contributed by atoms with E-state index in [1.807, 2.05) is 49.5 Å². The lowest BCUT2D eigenvalue weighted by Crippen LogP contribution is -2.26. The number of carbonyl (C=O) groups excluding carboxylic acids is 1. The number of aryl methyl sites for hydroxylation is 1. The number of hydrogen-bond acceptors (Lipinski definition) is 3. The van der Waals surface area contributed by atoms with E-state index in [0.29, 0.717) is 17.8 Å². The van der Waals surface area contributed by atoms with E-state index in [1.54, 1.807) is 28.2 Å². The Bertz CT molecular complexity index is 1100. The molecule has 0 saturated carbocycles. The Hall–Kier alpha value is -3.73. The molecule has 0 spiro atoms. The van der Waals surface area contributed by atoms with Gasteiger partial charge in [0.1, 0.15) is 5.69 Å². The van der Waals surface area contributed by atoms with E-state index in [1.165, 1.54) is 5.56 Å². The topological polar surface area (TPSA) is 51.0 Å². The normalized spacial score (nSPS) is 10.7. The number of pyridine rings is 1. The molecular formula is C24H22N4O. The molecule has 144 valence electrons. The lowest BCUT2D eigenvalue weighted by atomic mass is 10.1. The average Bonchev–Trinajstić information content (AvgIpc) is 3.21. The highest BCUT2D eigenvalue weighted by molar-refractivity contribution is 5.99. The van der Waals surface area contributed by atoms with Crippen LogP contribution >= 0.6 is 0 Å². The summed E-state index contributed by atoms with van der Waals surface area (Å²) in [5.41, 5.74) is 5.18. The summed E-state index contributed by atoms with van der Waals surface area (Å²) in [6, 6.07) is 21.8. The summed E-state index contributed by atoms with van der Waals surface area (Å²) in [4.78, 5) is 19.2. The molecule has 2 aromatic carbocycles. The van der Waals surface area contributed by atoms with Crippen molar-refractivity contribution in [3.8, 4) is 16.9 Å². The van der Waals surface area contributed by atoms with Crippen molar-refractivity contribution in [2.45, 2.75) is 13.5 Å². The summed E-state index contributed by atoms with van der Waals surface area (Å²) in [7, 11) is 1.81. The van der Waals surface area contributed by atoms with Crippen LogP contribution in [-0.4, -0.2) is 32.6 Å². The predicted octanol–water partition coefficient (Wildman–Crippen LogP) is 4.51. The second kappa shape index (κ2) is 8.10. The van der Waals surface area contributed by atoms with E-state index < -0.39 is 0 Å². The van der Waals surface area contributed by atoms with Crippen molar-refractivity contribution >= 4 is 5.91 Å². The molecule has 0 radical (unpaired) electrons. The summed E-state index contributed by atoms with van der Waals surface area (Å²) >= 11 is 0. The second-order valence-electron chi connectivity index (χ2n) is 7.06. The fraction of sp³-hybridized carbons (Fsp3) is 0.125. The zero-order valence-corrected chi connectivity index (χ0v) is 16.5. The van der Waals surface area contributed by atoms with Crippen LogP contribution in [0.1, 0.15) is 21.5 Å². The van der Waals surface area contributed by atoms with Gasteiger partial charge in [0.2, 0.25) is 0 Å². The fourth-order valence-electron chi connectivity index (χ4n) is 3.20. The van der Waals surface area contributed by atoms with Gasteiger partial charge in [-0.3, -0.25) is 9.78 Å². The highest BCUT2D eigenvalue weighted by atomic mass is 16.2. The van der Waals surface area contributed by atoms with Crippen molar-refractivity contribution in [2.75, 3.05) is 7.05 Å². The first-order valence-corrected chi connectivity index (χ1v) is 9.48. The third-order valence-electron chi connectivity index (χ3n) is 4.79. The Morgan fingerprint density at radius 3 is 2.45 bits per heavy atom. The summed E-state index contributed by atoms with van der Waals surface area (Å²) in [5.74, 6) is -0.0772. The Morgan fingerprint density at radius 1 is 1.00 bits per heavy atom. The molecule has 0 N–H and O–H groups in total. The Labute approximate surface area is 170 Å². The minimum Gasteiger partial charge on any atom is -0.337 e. The smallest absolute Gasteiger partial charge is 0.257 e. The molecule has 4 aromatic rings. The molecule has 1 amide bonds. The summed E-state index contributed by atoms with van der Waals surface area (Å²) in [5, 5.41) is 4.70. The van der Waals surface area contributed by atoms with Crippen LogP contribution in [0.5, 0.6) is 0 Å². The monoisotopic (exact) mass is 382 g/mol. The van der Waals surface area contributed by atoms with Gasteiger partial charge in [-0.2, -0.15) is 5.10 Å². The van der Waals surface area contributed by atoms with Gasteiger partial charge >= 0.3 is 0 Å². The van der Waals surface area contributed by atoms with Crippen LogP contribution in [0.15, 0.2) is 85.3 Å². The number of carbonyl (C=O) groups is 1. The molecule has 0 bridgehead atoms. The van der Waals surface area contributed by atoms with Crippen LogP contribution in [0.3, 0.4) is 0 Å². The minimum atomic E-state index is -0.0772. The molecule has 2 aromatic heterocycles. The molecule has 4 rings (SSSR count). The van der Waals surface area contributed by atoms with Gasteiger partial charge < -0.3 is 4.90 Å². The Balaban J connectivity index is 1.70. The first-order chi connectivity index (χ1) is 14.1. The standard InChI is InChI=1S/C24H22N4O/c1-18-10-12-19(13-11-18)16-27(2)24(29)22-17-28(21-8-4-3-5-9-21)26-23(22)20-7-6-14-25-15-20/h3-15,17H,16H2,1-2H3. The van der Waals surface area contributed by atoms with Gasteiger partial charge in [-0.1, -0.05) is 48.0 Å². The van der Waals surface area contributed by atoms with Crippen LogP contribution in [0.4, 0.5) is 0 Å². The van der Waals surface area contributed by atoms with Crippen molar-refractivity contribution in [3.63, 3.8) is 0 Å². The largest absolute Gasteiger partial charge is 0.337 e. The number of rotatable bonds is 5. The molecule has 0 aliphatic carbocycles. The van der Waals surface area contributed by atoms with Crippen LogP contribution in [0.25, 0.3) is 16.9 Å². The summed E-state index contributed by atoms with van der Waals surface area (Å²) < 4.78 is 1.75. The van der Waals surface area contributed by atoms with E-state index >= 15 is 0 Å². The summed E-state index contributed by atoms with van der Waals surface area (Å²) in [6.45, 7) is 2.58. The van der Waals surface area contributed by atoms with E-state index in [4.69, 9.17) is 5.10 Å². The molecule has 5 heteroatoms. The molecule has 0 saturated heterocycles. The lowest BCUT2D eigenvalue weighted by Gasteiger charge is -2.17. The first-order valence-electron chi connectivity index (χ1n) is 9.48. The van der Waals surface area contributed by atoms with Crippen LogP contribution < -0.4 is 0 Å². The Morgan fingerprint density at radius 2 is 1.76 bits per heavy atom. The fourth-order valence-corrected chi connectivity index (χ4v) is 3.20. The van der Waals surface area contributed by atoms with Crippen LogP contribution in [-0.2, 0) is 6.54 Å². The van der Waals surface area contributed by atoms with Gasteiger partial charge in [-0.15, -0.1) is 0 Å². The maximum atomic E-state index is 13.3. The highest BCUT2D eigenvalue weighted by Gasteiger charge is 2.22. The third-order valence-corrected chi connectivity index (χ3v) is 4.79. The SMILES string of the molecule is Cc1ccc(CN(C)C(=O)c2cn(-c3ccccc3)nc2-c2cccnc2)cc1. The molecule has 2 heterocycles. The van der Waals surface area contributed by atoms with Crippen molar-refractivity contribution in [3.05, 3.63) is 102 Å². The van der Waals surface area contributed by atoms with Crippen molar-refractivity contribution in [1.82, 2.24) is 19.7 Å². The number of aromatic nitrogens is 3. The maximum absolute atomic E-state index is 13.3. The van der Waals surface area contributed by atoms with E-state index in [0.717, 1.165) is 16.8 Å². The number of amides is 1. The summed E-state index contributed by atoms with van der Waals surface area (Å²) in [6.07, 6.45) is 5.24. The minimum absolute atomic E-state index is 0.0772. The van der Waals surface area contributed by atoms with Crippen LogP contribution in [0, 0.1) is 6.92 Å². The Kier molecular flexibility index (Phi) is 5.20. The first kappa shape index (κ1) is 18.6. The van der Waals surface area contributed by atoms with Gasteiger partial charge in [0.15, 0.2) is 0 Å². The second-order valence-corrected chi connectivity index (χ2v) is 7.06. The van der Waals surface area contributed by atoms with Gasteiger partial charge in [-0.05, 0) is 36.8 Å². The average molecular weight is 382 g/mol. The van der Waals surface area contributed by atoms with Gasteiger partial charge in [0.25, 0.3) is 5.91 Å². The number of benzene rings is 2. The van der Waals surface area contributed by atoms with Gasteiger partial charge in [0, 0.05) is 37.7 Å². The molecule has 0 aliphatic heterocycles. The quantitative estimate of drug-likeness (QED) is 0.510. The van der Waals surface area contributed by atoms with Gasteiger partial charge in [-0.25, -0.2) is 4.68 Å². The highest BCUT2D eigenvalue weighted by Crippen LogP contribution is 2.24. The number of nitrogens with zero attached hydrogens (tertiary/aromatic N) is 4. The van der Waals surface area contributed by atoms with Crippen molar-refractivity contribution in [1.29, 1.82) is 0 Å². The zero-order valence-electron chi connectivity index (χ0n) is 16.5. The molecule has 5 nitrogen and oxygen atoms in total. The molecular weight excluding hydrogens is 360 g/mol. The number of hydrogen-bond donors (Lipinski definition) is 0. The van der Waals surface area contributed by atoms with Crippen molar-refractivity contribution < 1.29 is 4.79 Å².